The van der Waals surface area contributed by atoms with Crippen LogP contribution >= 0.6 is 7.82 Å². The monoisotopic (exact) mass is 828 g/mol. The molecule has 0 aliphatic carbocycles. The molecule has 0 fully saturated rings. The summed E-state index contributed by atoms with van der Waals surface area (Å²) in [6.07, 6.45) is 43.4. The van der Waals surface area contributed by atoms with Crippen LogP contribution in [0, 0.1) is 0 Å². The number of carbonyl (C=O) groups is 3. The van der Waals surface area contributed by atoms with Gasteiger partial charge in [-0.3, -0.25) is 23.4 Å². The maximum Gasteiger partial charge on any atom is 0.472 e. The number of hydrogen-bond donors (Lipinski definition) is 3. The van der Waals surface area contributed by atoms with Crippen LogP contribution in [0.3, 0.4) is 0 Å². The van der Waals surface area contributed by atoms with Crippen molar-refractivity contribution in [1.29, 1.82) is 0 Å². The zero-order valence-corrected chi connectivity index (χ0v) is 36.8. The third-order valence-electron chi connectivity index (χ3n) is 9.61. The molecule has 3 atom stereocenters. The van der Waals surface area contributed by atoms with E-state index < -0.39 is 51.1 Å². The van der Waals surface area contributed by atoms with Gasteiger partial charge in [0.05, 0.1) is 13.2 Å². The molecule has 0 amide bonds. The van der Waals surface area contributed by atoms with E-state index in [9.17, 15) is 23.8 Å². The van der Waals surface area contributed by atoms with E-state index in [0.29, 0.717) is 12.8 Å². The van der Waals surface area contributed by atoms with E-state index in [0.717, 1.165) is 70.6 Å². The Kier molecular flexibility index (Phi) is 38.8. The summed E-state index contributed by atoms with van der Waals surface area (Å²) in [6, 6.07) is -1.52. The molecule has 0 aromatic carbocycles. The molecule has 0 bridgehead atoms. The Morgan fingerprint density at radius 2 is 0.947 bits per heavy atom. The third-order valence-corrected chi connectivity index (χ3v) is 10.6. The van der Waals surface area contributed by atoms with E-state index in [4.69, 9.17) is 24.8 Å². The van der Waals surface area contributed by atoms with Crippen LogP contribution in [0.4, 0.5) is 0 Å². The Morgan fingerprint density at radius 1 is 0.544 bits per heavy atom. The minimum atomic E-state index is -4.72. The average molecular weight is 828 g/mol. The molecule has 0 spiro atoms. The SMILES string of the molecule is CCCC/C=C\C/C=C\CCCCCCCCCCCC(=O)O[C@H](COC(=O)CCCCCCC/C=C\CCCCCCCC)COP(=O)(O)OC[C@H](N)C(=O)O. The highest BCUT2D eigenvalue weighted by molar-refractivity contribution is 7.47. The molecule has 0 aliphatic rings. The maximum absolute atomic E-state index is 12.6. The van der Waals surface area contributed by atoms with Crippen LogP contribution in [0.15, 0.2) is 36.5 Å². The molecule has 332 valence electrons. The van der Waals surface area contributed by atoms with Gasteiger partial charge < -0.3 is 25.2 Å². The van der Waals surface area contributed by atoms with Crippen molar-refractivity contribution in [3.8, 4) is 0 Å². The highest BCUT2D eigenvalue weighted by Gasteiger charge is 2.28. The number of carboxylic acids is 1. The van der Waals surface area contributed by atoms with Crippen LogP contribution in [0.25, 0.3) is 0 Å². The van der Waals surface area contributed by atoms with Crippen molar-refractivity contribution in [3.05, 3.63) is 36.5 Å². The number of phosphoric acid groups is 1. The van der Waals surface area contributed by atoms with Gasteiger partial charge in [-0.05, 0) is 64.2 Å². The minimum absolute atomic E-state index is 0.155. The minimum Gasteiger partial charge on any atom is -0.480 e. The predicted molar refractivity (Wildman–Crippen MR) is 231 cm³/mol. The molecule has 0 radical (unpaired) electrons. The smallest absolute Gasteiger partial charge is 0.472 e. The Labute approximate surface area is 346 Å². The highest BCUT2D eigenvalue weighted by Crippen LogP contribution is 2.43. The number of aliphatic carboxylic acids is 1. The highest BCUT2D eigenvalue weighted by atomic mass is 31.2. The summed E-state index contributed by atoms with van der Waals surface area (Å²) < 4.78 is 32.7. The van der Waals surface area contributed by atoms with Crippen LogP contribution in [0.2, 0.25) is 0 Å². The van der Waals surface area contributed by atoms with Crippen LogP contribution in [0.1, 0.15) is 200 Å². The molecule has 4 N–H and O–H groups in total. The lowest BCUT2D eigenvalue weighted by Crippen LogP contribution is -2.34. The summed E-state index contributed by atoms with van der Waals surface area (Å²) in [5, 5.41) is 8.89. The molecule has 11 nitrogen and oxygen atoms in total. The van der Waals surface area contributed by atoms with Gasteiger partial charge in [0.2, 0.25) is 0 Å². The van der Waals surface area contributed by atoms with E-state index in [1.807, 2.05) is 0 Å². The summed E-state index contributed by atoms with van der Waals surface area (Å²) in [4.78, 5) is 46.0. The van der Waals surface area contributed by atoms with Crippen LogP contribution < -0.4 is 5.73 Å². The van der Waals surface area contributed by atoms with Crippen LogP contribution in [-0.4, -0.2) is 59.9 Å². The summed E-state index contributed by atoms with van der Waals surface area (Å²) >= 11 is 0. The van der Waals surface area contributed by atoms with E-state index in [-0.39, 0.29) is 19.4 Å². The van der Waals surface area contributed by atoms with Gasteiger partial charge in [0, 0.05) is 12.8 Å². The normalized spacial score (nSPS) is 14.0. The number of carbonyl (C=O) groups excluding carboxylic acids is 2. The molecule has 0 heterocycles. The Balaban J connectivity index is 4.35. The first kappa shape index (κ1) is 54.7. The number of phosphoric ester groups is 1. The van der Waals surface area contributed by atoms with E-state index in [1.54, 1.807) is 0 Å². The summed E-state index contributed by atoms with van der Waals surface area (Å²) in [5.74, 6) is -2.39. The largest absolute Gasteiger partial charge is 0.480 e. The summed E-state index contributed by atoms with van der Waals surface area (Å²) in [6.45, 7) is 2.76. The molecule has 0 aliphatic heterocycles. The van der Waals surface area contributed by atoms with Gasteiger partial charge in [-0.25, -0.2) is 4.57 Å². The van der Waals surface area contributed by atoms with Crippen molar-refractivity contribution in [2.24, 2.45) is 5.73 Å². The Morgan fingerprint density at radius 3 is 1.44 bits per heavy atom. The van der Waals surface area contributed by atoms with E-state index >= 15 is 0 Å². The van der Waals surface area contributed by atoms with Gasteiger partial charge in [-0.1, -0.05) is 159 Å². The second kappa shape index (κ2) is 40.5. The molecule has 0 aromatic rings. The first-order valence-electron chi connectivity index (χ1n) is 22.5. The van der Waals surface area contributed by atoms with Gasteiger partial charge in [0.1, 0.15) is 12.6 Å². The number of allylic oxidation sites excluding steroid dienone is 6. The summed E-state index contributed by atoms with van der Waals surface area (Å²) in [5.41, 5.74) is 5.34. The molecule has 0 saturated carbocycles. The zero-order chi connectivity index (χ0) is 42.1. The molecule has 12 heteroatoms. The topological polar surface area (TPSA) is 172 Å². The van der Waals surface area contributed by atoms with Crippen molar-refractivity contribution in [1.82, 2.24) is 0 Å². The quantitative estimate of drug-likeness (QED) is 0.0231. The fraction of sp³-hybridized carbons (Fsp3) is 0.800. The number of rotatable bonds is 42. The van der Waals surface area contributed by atoms with Crippen LogP contribution in [0.5, 0.6) is 0 Å². The van der Waals surface area contributed by atoms with Crippen molar-refractivity contribution in [2.75, 3.05) is 19.8 Å². The number of unbranched alkanes of at least 4 members (excludes halogenated alkanes) is 22. The fourth-order valence-corrected chi connectivity index (χ4v) is 6.80. The lowest BCUT2D eigenvalue weighted by molar-refractivity contribution is -0.161. The number of hydrogen-bond acceptors (Lipinski definition) is 9. The third kappa shape index (κ3) is 40.3. The Bertz CT molecular complexity index is 1110. The predicted octanol–water partition coefficient (Wildman–Crippen LogP) is 12.0. The average Bonchev–Trinajstić information content (AvgIpc) is 3.19. The van der Waals surface area contributed by atoms with Gasteiger partial charge in [0.15, 0.2) is 6.10 Å². The number of carboxylic acid groups (broad SMARTS) is 1. The molecule has 57 heavy (non-hydrogen) atoms. The molecule has 1 unspecified atom stereocenters. The van der Waals surface area contributed by atoms with E-state index in [1.165, 1.54) is 89.9 Å². The molecular formula is C45H82NO10P. The van der Waals surface area contributed by atoms with E-state index in [2.05, 4.69) is 54.8 Å². The maximum atomic E-state index is 12.6. The second-order valence-electron chi connectivity index (χ2n) is 15.2. The number of ether oxygens (including phenoxy) is 2. The zero-order valence-electron chi connectivity index (χ0n) is 35.9. The van der Waals surface area contributed by atoms with Gasteiger partial charge in [-0.15, -0.1) is 0 Å². The van der Waals surface area contributed by atoms with Gasteiger partial charge in [-0.2, -0.15) is 0 Å². The standard InChI is InChI=1S/C45H82NO10P/c1-3-5-7-9-11-13-15-17-19-20-21-23-25-27-29-31-33-35-37-44(48)56-41(39-54-57(51,52)55-40-42(46)45(49)50)38-53-43(47)36-34-32-30-28-26-24-22-18-16-14-12-10-8-6-4-2/h9,11,15,17-18,22,41-42H,3-8,10,12-14,16,19-21,23-40,46H2,1-2H3,(H,49,50)(H,51,52)/b11-9-,17-15-,22-18-/t41-,42+/m1/s1. The first-order chi connectivity index (χ1) is 27.6. The molecule has 0 aromatic heterocycles. The van der Waals surface area contributed by atoms with Gasteiger partial charge in [0.25, 0.3) is 0 Å². The lowest BCUT2D eigenvalue weighted by atomic mass is 10.1. The first-order valence-corrected chi connectivity index (χ1v) is 24.0. The molecule has 0 saturated heterocycles. The number of nitrogens with two attached hydrogens (primary N) is 1. The lowest BCUT2D eigenvalue weighted by Gasteiger charge is -2.20. The number of esters is 2. The second-order valence-corrected chi connectivity index (χ2v) is 16.6. The summed E-state index contributed by atoms with van der Waals surface area (Å²) in [7, 11) is -4.72. The van der Waals surface area contributed by atoms with Crippen molar-refractivity contribution >= 4 is 25.7 Å². The van der Waals surface area contributed by atoms with Crippen LogP contribution in [-0.2, 0) is 37.5 Å². The molecule has 0 rings (SSSR count). The van der Waals surface area contributed by atoms with Crippen molar-refractivity contribution in [2.45, 2.75) is 212 Å². The Hall–Kier alpha value is -2.30. The van der Waals surface area contributed by atoms with Crippen molar-refractivity contribution in [3.63, 3.8) is 0 Å². The fourth-order valence-electron chi connectivity index (χ4n) is 6.02. The van der Waals surface area contributed by atoms with Gasteiger partial charge >= 0.3 is 25.7 Å². The van der Waals surface area contributed by atoms with Crippen molar-refractivity contribution < 1.29 is 47.5 Å². The molecular weight excluding hydrogens is 745 g/mol.